The van der Waals surface area contributed by atoms with Gasteiger partial charge in [-0.05, 0) is 11.5 Å². The summed E-state index contributed by atoms with van der Waals surface area (Å²) >= 11 is 0. The van der Waals surface area contributed by atoms with Crippen molar-refractivity contribution in [1.29, 1.82) is 0 Å². The molecule has 0 amide bonds. The molecule has 1 rings (SSSR count). The Morgan fingerprint density at radius 2 is 1.73 bits per heavy atom. The van der Waals surface area contributed by atoms with Gasteiger partial charge in [0.2, 0.25) is 6.29 Å². The summed E-state index contributed by atoms with van der Waals surface area (Å²) in [6, 6.07) is 7.51. The number of hydrogen-bond acceptors (Lipinski definition) is 1. The molecule has 0 bridgehead atoms. The fraction of sp³-hybridized carbons (Fsp3) is 0.300. The van der Waals surface area contributed by atoms with Crippen molar-refractivity contribution in [3.05, 3.63) is 35.4 Å². The van der Waals surface area contributed by atoms with Gasteiger partial charge in [0.1, 0.15) is 0 Å². The lowest BCUT2D eigenvalue weighted by atomic mass is 10.0. The van der Waals surface area contributed by atoms with E-state index in [1.807, 2.05) is 18.4 Å². The van der Waals surface area contributed by atoms with Gasteiger partial charge in [0.25, 0.3) is 0 Å². The van der Waals surface area contributed by atoms with Crippen LogP contribution >= 0.6 is 0 Å². The second-order valence-electron chi connectivity index (χ2n) is 2.88. The Morgan fingerprint density at radius 3 is 2.09 bits per heavy atom. The van der Waals surface area contributed by atoms with Gasteiger partial charge in [0.15, 0.2) is 0 Å². The largest absolute Gasteiger partial charge is 0.285 e. The monoisotopic (exact) mass is 147 g/mol. The van der Waals surface area contributed by atoms with E-state index in [2.05, 4.69) is 13.8 Å². The Kier molecular flexibility index (Phi) is 2.42. The highest BCUT2D eigenvalue weighted by Crippen LogP contribution is 2.13. The summed E-state index contributed by atoms with van der Waals surface area (Å²) in [6.07, 6.45) is 1.84. The van der Waals surface area contributed by atoms with Crippen molar-refractivity contribution in [2.75, 3.05) is 0 Å². The van der Waals surface area contributed by atoms with Crippen LogP contribution < -0.4 is 0 Å². The van der Waals surface area contributed by atoms with Crippen molar-refractivity contribution in [2.45, 2.75) is 19.8 Å². The van der Waals surface area contributed by atoms with Crippen LogP contribution in [0.25, 0.3) is 0 Å². The third-order valence-corrected chi connectivity index (χ3v) is 1.70. The van der Waals surface area contributed by atoms with Crippen molar-refractivity contribution in [1.82, 2.24) is 0 Å². The fourth-order valence-corrected chi connectivity index (χ4v) is 0.936. The first kappa shape index (κ1) is 7.99. The van der Waals surface area contributed by atoms with Crippen LogP contribution in [0.15, 0.2) is 24.3 Å². The molecule has 0 aliphatic carbocycles. The van der Waals surface area contributed by atoms with Crippen LogP contribution in [0.5, 0.6) is 0 Å². The van der Waals surface area contributed by atoms with Gasteiger partial charge in [-0.15, -0.1) is 0 Å². The Bertz CT molecular complexity index is 234. The zero-order valence-corrected chi connectivity index (χ0v) is 6.79. The number of hydrogen-bond donors (Lipinski definition) is 0. The van der Waals surface area contributed by atoms with Crippen molar-refractivity contribution >= 4 is 6.29 Å². The average molecular weight is 147 g/mol. The first-order valence-electron chi connectivity index (χ1n) is 3.72. The van der Waals surface area contributed by atoms with Crippen LogP contribution in [0.2, 0.25) is 0 Å². The predicted octanol–water partition coefficient (Wildman–Crippen LogP) is 2.27. The summed E-state index contributed by atoms with van der Waals surface area (Å²) in [7, 11) is 0. The van der Waals surface area contributed by atoms with Gasteiger partial charge < -0.3 is 0 Å². The van der Waals surface area contributed by atoms with Crippen molar-refractivity contribution in [3.63, 3.8) is 0 Å². The third kappa shape index (κ3) is 1.90. The summed E-state index contributed by atoms with van der Waals surface area (Å²) in [6.45, 7) is 4.25. The minimum Gasteiger partial charge on any atom is -0.285 e. The molecule has 11 heavy (non-hydrogen) atoms. The zero-order valence-electron chi connectivity index (χ0n) is 6.79. The highest BCUT2D eigenvalue weighted by molar-refractivity contribution is 5.75. The molecule has 0 aliphatic heterocycles. The van der Waals surface area contributed by atoms with E-state index < -0.39 is 0 Å². The summed E-state index contributed by atoms with van der Waals surface area (Å²) in [5.41, 5.74) is 1.87. The molecule has 0 saturated heterocycles. The van der Waals surface area contributed by atoms with Gasteiger partial charge in [-0.3, -0.25) is 4.79 Å². The van der Waals surface area contributed by atoms with Crippen molar-refractivity contribution < 1.29 is 4.79 Å². The molecular weight excluding hydrogens is 136 g/mol. The lowest BCUT2D eigenvalue weighted by Gasteiger charge is -2.03. The van der Waals surface area contributed by atoms with Crippen LogP contribution in [0.3, 0.4) is 0 Å². The van der Waals surface area contributed by atoms with Gasteiger partial charge in [-0.25, -0.2) is 0 Å². The molecule has 1 aromatic carbocycles. The Balaban J connectivity index is 2.91. The van der Waals surface area contributed by atoms with E-state index in [9.17, 15) is 4.79 Å². The molecule has 1 heteroatoms. The molecule has 0 heterocycles. The van der Waals surface area contributed by atoms with Gasteiger partial charge in [0, 0.05) is 5.56 Å². The van der Waals surface area contributed by atoms with Crippen LogP contribution in [0.4, 0.5) is 0 Å². The molecule has 1 aromatic rings. The van der Waals surface area contributed by atoms with Crippen molar-refractivity contribution in [2.24, 2.45) is 0 Å². The Morgan fingerprint density at radius 1 is 1.18 bits per heavy atom. The SMILES string of the molecule is CC(C)c1ccc([C]=O)cc1. The normalized spacial score (nSPS) is 10.1. The van der Waals surface area contributed by atoms with E-state index in [-0.39, 0.29) is 0 Å². The quantitative estimate of drug-likeness (QED) is 0.627. The average Bonchev–Trinajstić information content (AvgIpc) is 2.05. The van der Waals surface area contributed by atoms with E-state index in [0.717, 1.165) is 0 Å². The maximum atomic E-state index is 10.2. The smallest absolute Gasteiger partial charge is 0.233 e. The number of rotatable bonds is 2. The molecule has 0 unspecified atom stereocenters. The topological polar surface area (TPSA) is 17.1 Å². The summed E-state index contributed by atoms with van der Waals surface area (Å²) in [4.78, 5) is 10.2. The lowest BCUT2D eigenvalue weighted by Crippen LogP contribution is -1.87. The van der Waals surface area contributed by atoms with Gasteiger partial charge in [-0.1, -0.05) is 38.1 Å². The molecule has 0 fully saturated rings. The Hall–Kier alpha value is -1.11. The van der Waals surface area contributed by atoms with E-state index in [1.165, 1.54) is 5.56 Å². The summed E-state index contributed by atoms with van der Waals surface area (Å²) in [5, 5.41) is 0. The zero-order chi connectivity index (χ0) is 8.27. The molecule has 1 radical (unpaired) electrons. The standard InChI is InChI=1S/C10H11O/c1-8(2)10-5-3-9(7-11)4-6-10/h3-6,8H,1-2H3. The van der Waals surface area contributed by atoms with Crippen LogP contribution in [-0.2, 0) is 4.79 Å². The maximum absolute atomic E-state index is 10.2. The molecule has 0 N–H and O–H groups in total. The highest BCUT2D eigenvalue weighted by atomic mass is 16.1. The second kappa shape index (κ2) is 3.33. The second-order valence-corrected chi connectivity index (χ2v) is 2.88. The van der Waals surface area contributed by atoms with Gasteiger partial charge in [-0.2, -0.15) is 0 Å². The van der Waals surface area contributed by atoms with Gasteiger partial charge in [0.05, 0.1) is 0 Å². The highest BCUT2D eigenvalue weighted by Gasteiger charge is 1.97. The first-order chi connectivity index (χ1) is 5.24. The molecule has 57 valence electrons. The third-order valence-electron chi connectivity index (χ3n) is 1.70. The minimum atomic E-state index is 0.524. The molecular formula is C10H11O. The number of benzene rings is 1. The van der Waals surface area contributed by atoms with Crippen molar-refractivity contribution in [3.8, 4) is 0 Å². The van der Waals surface area contributed by atoms with Crippen LogP contribution in [0, 0.1) is 0 Å². The van der Waals surface area contributed by atoms with Crippen LogP contribution in [-0.4, -0.2) is 6.29 Å². The fourth-order valence-electron chi connectivity index (χ4n) is 0.936. The van der Waals surface area contributed by atoms with E-state index >= 15 is 0 Å². The van der Waals surface area contributed by atoms with Gasteiger partial charge >= 0.3 is 0 Å². The minimum absolute atomic E-state index is 0.524. The molecule has 0 saturated carbocycles. The van der Waals surface area contributed by atoms with Crippen LogP contribution in [0.1, 0.15) is 30.9 Å². The molecule has 0 aromatic heterocycles. The van der Waals surface area contributed by atoms with E-state index in [0.29, 0.717) is 11.5 Å². The Labute approximate surface area is 67.1 Å². The molecule has 0 spiro atoms. The first-order valence-corrected chi connectivity index (χ1v) is 3.72. The summed E-state index contributed by atoms with van der Waals surface area (Å²) in [5.74, 6) is 0.524. The molecule has 0 aliphatic rings. The molecule has 0 atom stereocenters. The van der Waals surface area contributed by atoms with E-state index in [1.54, 1.807) is 12.1 Å². The lowest BCUT2D eigenvalue weighted by molar-refractivity contribution is 0.562. The maximum Gasteiger partial charge on any atom is 0.233 e. The summed E-state index contributed by atoms with van der Waals surface area (Å²) < 4.78 is 0. The number of carbonyl (C=O) groups excluding carboxylic acids is 1. The predicted molar refractivity (Wildman–Crippen MR) is 45.3 cm³/mol. The van der Waals surface area contributed by atoms with E-state index in [4.69, 9.17) is 0 Å². The molecule has 1 nitrogen and oxygen atoms in total.